The minimum Gasteiger partial charge on any atom is -0.394 e. The smallest absolute Gasteiger partial charge is 0.137 e. The molecular formula is C14H24N4O. The average molecular weight is 264 g/mol. The van der Waals surface area contributed by atoms with Gasteiger partial charge in [0.1, 0.15) is 18.0 Å². The predicted octanol–water partition coefficient (Wildman–Crippen LogP) is 1.82. The van der Waals surface area contributed by atoms with Crippen LogP contribution in [0.15, 0.2) is 6.33 Å². The van der Waals surface area contributed by atoms with Crippen molar-refractivity contribution >= 4 is 11.6 Å². The third kappa shape index (κ3) is 2.97. The number of rotatable bonds is 5. The fourth-order valence-corrected chi connectivity index (χ4v) is 2.82. The van der Waals surface area contributed by atoms with E-state index in [4.69, 9.17) is 0 Å². The lowest BCUT2D eigenvalue weighted by Gasteiger charge is -2.36. The SMILES string of the molecule is CCCc1c(NC)ncnc1N1CCCCC1CO. The number of piperidine rings is 1. The Morgan fingerprint density at radius 1 is 1.42 bits per heavy atom. The van der Waals surface area contributed by atoms with Crippen LogP contribution in [-0.2, 0) is 6.42 Å². The molecule has 0 aliphatic carbocycles. The Morgan fingerprint density at radius 3 is 2.95 bits per heavy atom. The van der Waals surface area contributed by atoms with E-state index < -0.39 is 0 Å². The van der Waals surface area contributed by atoms with Crippen molar-refractivity contribution in [3.05, 3.63) is 11.9 Å². The topological polar surface area (TPSA) is 61.3 Å². The minimum atomic E-state index is 0.198. The van der Waals surface area contributed by atoms with Gasteiger partial charge < -0.3 is 15.3 Å². The van der Waals surface area contributed by atoms with Crippen LogP contribution in [0.5, 0.6) is 0 Å². The second-order valence-corrected chi connectivity index (χ2v) is 5.05. The molecule has 0 radical (unpaired) electrons. The van der Waals surface area contributed by atoms with Crippen LogP contribution in [0.2, 0.25) is 0 Å². The van der Waals surface area contributed by atoms with Gasteiger partial charge in [-0.3, -0.25) is 0 Å². The van der Waals surface area contributed by atoms with Gasteiger partial charge in [-0.15, -0.1) is 0 Å². The zero-order chi connectivity index (χ0) is 13.7. The Bertz CT molecular complexity index is 410. The highest BCUT2D eigenvalue weighted by molar-refractivity contribution is 5.59. The van der Waals surface area contributed by atoms with Gasteiger partial charge in [0.15, 0.2) is 0 Å². The van der Waals surface area contributed by atoms with Gasteiger partial charge in [-0.1, -0.05) is 13.3 Å². The average Bonchev–Trinajstić information content (AvgIpc) is 2.47. The Kier molecular flexibility index (Phi) is 4.96. The molecule has 0 saturated carbocycles. The van der Waals surface area contributed by atoms with Crippen LogP contribution in [0, 0.1) is 0 Å². The number of aliphatic hydroxyl groups is 1. The van der Waals surface area contributed by atoms with Gasteiger partial charge in [0, 0.05) is 19.2 Å². The summed E-state index contributed by atoms with van der Waals surface area (Å²) >= 11 is 0. The van der Waals surface area contributed by atoms with Crippen molar-refractivity contribution < 1.29 is 5.11 Å². The molecule has 2 rings (SSSR count). The lowest BCUT2D eigenvalue weighted by atomic mass is 10.0. The summed E-state index contributed by atoms with van der Waals surface area (Å²) in [6, 6.07) is 0.198. The molecule has 0 amide bonds. The molecule has 1 aliphatic heterocycles. The van der Waals surface area contributed by atoms with Gasteiger partial charge in [0.2, 0.25) is 0 Å². The molecule has 1 saturated heterocycles. The van der Waals surface area contributed by atoms with Gasteiger partial charge in [-0.2, -0.15) is 0 Å². The zero-order valence-corrected chi connectivity index (χ0v) is 11.9. The molecular weight excluding hydrogens is 240 g/mol. The summed E-state index contributed by atoms with van der Waals surface area (Å²) in [6.45, 7) is 3.34. The molecule has 1 unspecified atom stereocenters. The lowest BCUT2D eigenvalue weighted by Crippen LogP contribution is -2.43. The molecule has 0 spiro atoms. The maximum atomic E-state index is 9.57. The molecule has 5 heteroatoms. The number of nitrogens with one attached hydrogen (secondary N) is 1. The van der Waals surface area contributed by atoms with Crippen molar-refractivity contribution in [1.29, 1.82) is 0 Å². The highest BCUT2D eigenvalue weighted by Crippen LogP contribution is 2.29. The van der Waals surface area contributed by atoms with Gasteiger partial charge in [-0.25, -0.2) is 9.97 Å². The quantitative estimate of drug-likeness (QED) is 0.849. The van der Waals surface area contributed by atoms with Gasteiger partial charge in [0.05, 0.1) is 12.6 Å². The summed E-state index contributed by atoms with van der Waals surface area (Å²) < 4.78 is 0. The third-order valence-electron chi connectivity index (χ3n) is 3.77. The summed E-state index contributed by atoms with van der Waals surface area (Å²) in [6.07, 6.45) is 7.04. The van der Waals surface area contributed by atoms with E-state index in [2.05, 4.69) is 27.1 Å². The largest absolute Gasteiger partial charge is 0.394 e. The van der Waals surface area contributed by atoms with E-state index in [1.807, 2.05) is 7.05 Å². The Balaban J connectivity index is 2.36. The van der Waals surface area contributed by atoms with Gasteiger partial charge in [0.25, 0.3) is 0 Å². The molecule has 2 N–H and O–H groups in total. The van der Waals surface area contributed by atoms with Crippen LogP contribution in [0.1, 0.15) is 38.2 Å². The monoisotopic (exact) mass is 264 g/mol. The number of anilines is 2. The molecule has 1 aromatic heterocycles. The Morgan fingerprint density at radius 2 is 2.26 bits per heavy atom. The fourth-order valence-electron chi connectivity index (χ4n) is 2.82. The normalized spacial score (nSPS) is 19.5. The molecule has 0 aromatic carbocycles. The third-order valence-corrected chi connectivity index (χ3v) is 3.77. The van der Waals surface area contributed by atoms with Crippen LogP contribution >= 0.6 is 0 Å². The zero-order valence-electron chi connectivity index (χ0n) is 11.9. The molecule has 1 aromatic rings. The second kappa shape index (κ2) is 6.70. The fraction of sp³-hybridized carbons (Fsp3) is 0.714. The molecule has 1 atom stereocenters. The second-order valence-electron chi connectivity index (χ2n) is 5.05. The first-order valence-electron chi connectivity index (χ1n) is 7.21. The highest BCUT2D eigenvalue weighted by atomic mass is 16.3. The predicted molar refractivity (Wildman–Crippen MR) is 77.6 cm³/mol. The first-order valence-corrected chi connectivity index (χ1v) is 7.21. The molecule has 106 valence electrons. The van der Waals surface area contributed by atoms with E-state index in [9.17, 15) is 5.11 Å². The van der Waals surface area contributed by atoms with Crippen LogP contribution in [0.25, 0.3) is 0 Å². The van der Waals surface area contributed by atoms with Crippen molar-refractivity contribution in [3.63, 3.8) is 0 Å². The van der Waals surface area contributed by atoms with Crippen molar-refractivity contribution in [2.75, 3.05) is 30.4 Å². The van der Waals surface area contributed by atoms with Crippen molar-refractivity contribution in [2.24, 2.45) is 0 Å². The molecule has 5 nitrogen and oxygen atoms in total. The van der Waals surface area contributed by atoms with E-state index in [1.54, 1.807) is 6.33 Å². The van der Waals surface area contributed by atoms with E-state index in [0.29, 0.717) is 0 Å². The maximum Gasteiger partial charge on any atom is 0.137 e. The van der Waals surface area contributed by atoms with Crippen molar-refractivity contribution in [1.82, 2.24) is 9.97 Å². The minimum absolute atomic E-state index is 0.198. The van der Waals surface area contributed by atoms with E-state index >= 15 is 0 Å². The number of aromatic nitrogens is 2. The van der Waals surface area contributed by atoms with Crippen molar-refractivity contribution in [2.45, 2.75) is 45.1 Å². The lowest BCUT2D eigenvalue weighted by molar-refractivity contribution is 0.239. The van der Waals surface area contributed by atoms with Crippen LogP contribution in [0.3, 0.4) is 0 Å². The summed E-state index contributed by atoms with van der Waals surface area (Å²) in [5, 5.41) is 12.7. The van der Waals surface area contributed by atoms with E-state index in [1.165, 1.54) is 18.4 Å². The number of hydrogen-bond acceptors (Lipinski definition) is 5. The molecule has 2 heterocycles. The summed E-state index contributed by atoms with van der Waals surface area (Å²) in [5.41, 5.74) is 1.17. The van der Waals surface area contributed by atoms with Gasteiger partial charge >= 0.3 is 0 Å². The van der Waals surface area contributed by atoms with Crippen LogP contribution < -0.4 is 10.2 Å². The highest BCUT2D eigenvalue weighted by Gasteiger charge is 2.25. The van der Waals surface area contributed by atoms with Gasteiger partial charge in [-0.05, 0) is 25.7 Å². The Labute approximate surface area is 115 Å². The first-order chi connectivity index (χ1) is 9.31. The summed E-state index contributed by atoms with van der Waals surface area (Å²) in [4.78, 5) is 11.1. The molecule has 1 aliphatic rings. The molecule has 1 fully saturated rings. The number of hydrogen-bond donors (Lipinski definition) is 2. The summed E-state index contributed by atoms with van der Waals surface area (Å²) in [7, 11) is 1.89. The van der Waals surface area contributed by atoms with E-state index in [0.717, 1.165) is 37.4 Å². The number of aliphatic hydroxyl groups excluding tert-OH is 1. The Hall–Kier alpha value is -1.36. The summed E-state index contributed by atoms with van der Waals surface area (Å²) in [5.74, 6) is 1.91. The standard InChI is InChI=1S/C14H24N4O/c1-3-6-12-13(15-2)16-10-17-14(12)18-8-5-4-7-11(18)9-19/h10-11,19H,3-9H2,1-2H3,(H,15,16,17). The van der Waals surface area contributed by atoms with Crippen molar-refractivity contribution in [3.8, 4) is 0 Å². The molecule has 19 heavy (non-hydrogen) atoms. The first kappa shape index (κ1) is 14.1. The van der Waals surface area contributed by atoms with E-state index in [-0.39, 0.29) is 12.6 Å². The van der Waals surface area contributed by atoms with Crippen LogP contribution in [0.4, 0.5) is 11.6 Å². The molecule has 0 bridgehead atoms. The maximum absolute atomic E-state index is 9.57. The van der Waals surface area contributed by atoms with Crippen LogP contribution in [-0.4, -0.2) is 41.3 Å². The number of nitrogens with zero attached hydrogens (tertiary/aromatic N) is 3.